The summed E-state index contributed by atoms with van der Waals surface area (Å²) < 4.78 is 13.0. The Bertz CT molecular complexity index is 958. The predicted molar refractivity (Wildman–Crippen MR) is 114 cm³/mol. The highest BCUT2D eigenvalue weighted by Gasteiger charge is 2.23. The van der Waals surface area contributed by atoms with Crippen molar-refractivity contribution in [2.75, 3.05) is 20.8 Å². The van der Waals surface area contributed by atoms with Crippen LogP contribution in [-0.4, -0.2) is 36.1 Å². The van der Waals surface area contributed by atoms with Gasteiger partial charge in [0.25, 0.3) is 0 Å². The molecule has 3 aromatic rings. The van der Waals surface area contributed by atoms with Gasteiger partial charge in [0.1, 0.15) is 17.1 Å². The molecule has 1 aromatic carbocycles. The minimum atomic E-state index is -0.183. The molecule has 29 heavy (non-hydrogen) atoms. The summed E-state index contributed by atoms with van der Waals surface area (Å²) in [5, 5.41) is 3.03. The Morgan fingerprint density at radius 3 is 2.59 bits per heavy atom. The average molecular weight is 396 g/mol. The molecular formula is C23H29N3O3. The molecule has 0 saturated carbocycles. The van der Waals surface area contributed by atoms with E-state index in [1.165, 1.54) is 0 Å². The van der Waals surface area contributed by atoms with Crippen LogP contribution < -0.4 is 14.8 Å². The smallest absolute Gasteiger partial charge is 0.221 e. The van der Waals surface area contributed by atoms with Crippen molar-refractivity contribution in [3.8, 4) is 11.5 Å². The molecule has 0 aliphatic rings. The fourth-order valence-electron chi connectivity index (χ4n) is 3.51. The van der Waals surface area contributed by atoms with Crippen LogP contribution in [0.25, 0.3) is 5.65 Å². The van der Waals surface area contributed by atoms with Crippen LogP contribution in [0.1, 0.15) is 48.9 Å². The van der Waals surface area contributed by atoms with Gasteiger partial charge in [-0.25, -0.2) is 4.98 Å². The molecule has 2 aromatic heterocycles. The number of methoxy groups -OCH3 is 2. The second-order valence-corrected chi connectivity index (χ2v) is 7.17. The summed E-state index contributed by atoms with van der Waals surface area (Å²) in [5.41, 5.74) is 3.90. The van der Waals surface area contributed by atoms with Gasteiger partial charge in [-0.1, -0.05) is 19.4 Å². The Morgan fingerprint density at radius 2 is 1.93 bits per heavy atom. The van der Waals surface area contributed by atoms with Crippen LogP contribution in [0.5, 0.6) is 11.5 Å². The molecular weight excluding hydrogens is 366 g/mol. The van der Waals surface area contributed by atoms with Crippen molar-refractivity contribution in [2.45, 2.75) is 39.0 Å². The first-order chi connectivity index (χ1) is 14.1. The number of unbranched alkanes of at least 4 members (excludes halogenated alkanes) is 1. The summed E-state index contributed by atoms with van der Waals surface area (Å²) >= 11 is 0. The fourth-order valence-corrected chi connectivity index (χ4v) is 3.51. The summed E-state index contributed by atoms with van der Waals surface area (Å²) in [5.74, 6) is 1.23. The van der Waals surface area contributed by atoms with E-state index in [0.29, 0.717) is 24.5 Å². The van der Waals surface area contributed by atoms with Crippen LogP contribution in [0.15, 0.2) is 42.7 Å². The number of benzene rings is 1. The van der Waals surface area contributed by atoms with Gasteiger partial charge in [-0.15, -0.1) is 0 Å². The maximum atomic E-state index is 12.7. The first-order valence-electron chi connectivity index (χ1n) is 9.99. The highest BCUT2D eigenvalue weighted by molar-refractivity contribution is 5.77. The van der Waals surface area contributed by atoms with E-state index in [-0.39, 0.29) is 11.8 Å². The number of imidazole rings is 1. The molecule has 0 aliphatic carbocycles. The third-order valence-electron chi connectivity index (χ3n) is 5.13. The highest BCUT2D eigenvalue weighted by Crippen LogP contribution is 2.34. The number of pyridine rings is 1. The largest absolute Gasteiger partial charge is 0.497 e. The van der Waals surface area contributed by atoms with Gasteiger partial charge in [0.2, 0.25) is 5.91 Å². The molecule has 0 radical (unpaired) electrons. The van der Waals surface area contributed by atoms with Crippen molar-refractivity contribution in [1.29, 1.82) is 0 Å². The standard InChI is InChI=1S/C23H29N3O3/c1-5-6-9-24-22(27)14-20(17-11-18(28-3)13-19(12-17)29-4)21-15-25-23-16(2)8-7-10-26(21)23/h7-8,10-13,15,20H,5-6,9,14H2,1-4H3,(H,24,27). The highest BCUT2D eigenvalue weighted by atomic mass is 16.5. The average Bonchev–Trinajstić information content (AvgIpc) is 3.17. The molecule has 0 saturated heterocycles. The van der Waals surface area contributed by atoms with E-state index in [1.54, 1.807) is 14.2 Å². The van der Waals surface area contributed by atoms with Crippen LogP contribution in [-0.2, 0) is 4.79 Å². The number of rotatable bonds is 9. The molecule has 0 aliphatic heterocycles. The van der Waals surface area contributed by atoms with Crippen LogP contribution in [0, 0.1) is 6.92 Å². The number of aromatic nitrogens is 2. The van der Waals surface area contributed by atoms with Gasteiger partial charge in [0, 0.05) is 37.3 Å². The number of carbonyl (C=O) groups excluding carboxylic acids is 1. The van der Waals surface area contributed by atoms with Gasteiger partial charge in [-0.3, -0.25) is 4.79 Å². The van der Waals surface area contributed by atoms with Crippen molar-refractivity contribution >= 4 is 11.6 Å². The Kier molecular flexibility index (Phi) is 6.75. The zero-order valence-electron chi connectivity index (χ0n) is 17.6. The lowest BCUT2D eigenvalue weighted by Gasteiger charge is -2.19. The van der Waals surface area contributed by atoms with Gasteiger partial charge in [0.15, 0.2) is 0 Å². The summed E-state index contributed by atoms with van der Waals surface area (Å²) in [4.78, 5) is 17.3. The third kappa shape index (κ3) is 4.70. The molecule has 1 N–H and O–H groups in total. The van der Waals surface area contributed by atoms with Gasteiger partial charge >= 0.3 is 0 Å². The van der Waals surface area contributed by atoms with Crippen molar-refractivity contribution < 1.29 is 14.3 Å². The number of nitrogens with one attached hydrogen (secondary N) is 1. The number of hydrogen-bond acceptors (Lipinski definition) is 4. The van der Waals surface area contributed by atoms with E-state index in [4.69, 9.17) is 9.47 Å². The number of ether oxygens (including phenoxy) is 2. The molecule has 1 atom stereocenters. The topological polar surface area (TPSA) is 64.9 Å². The lowest BCUT2D eigenvalue weighted by atomic mass is 9.91. The molecule has 154 valence electrons. The van der Waals surface area contributed by atoms with E-state index in [0.717, 1.165) is 35.3 Å². The third-order valence-corrected chi connectivity index (χ3v) is 5.13. The zero-order valence-corrected chi connectivity index (χ0v) is 17.6. The van der Waals surface area contributed by atoms with Crippen molar-refractivity contribution in [3.05, 3.63) is 59.5 Å². The SMILES string of the molecule is CCCCNC(=O)CC(c1cc(OC)cc(OC)c1)c1cnc2c(C)cccn12. The van der Waals surface area contributed by atoms with E-state index in [9.17, 15) is 4.79 Å². The normalized spacial score (nSPS) is 12.0. The lowest BCUT2D eigenvalue weighted by Crippen LogP contribution is -2.26. The maximum absolute atomic E-state index is 12.7. The maximum Gasteiger partial charge on any atom is 0.221 e. The number of fused-ring (bicyclic) bond motifs is 1. The fraction of sp³-hybridized carbons (Fsp3) is 0.391. The van der Waals surface area contributed by atoms with E-state index < -0.39 is 0 Å². The Balaban J connectivity index is 2.04. The Labute approximate surface area is 171 Å². The van der Waals surface area contributed by atoms with E-state index >= 15 is 0 Å². The Hall–Kier alpha value is -3.02. The van der Waals surface area contributed by atoms with Crippen LogP contribution in [0.2, 0.25) is 0 Å². The number of nitrogens with zero attached hydrogens (tertiary/aromatic N) is 2. The molecule has 0 bridgehead atoms. The van der Waals surface area contributed by atoms with Gasteiger partial charge in [-0.2, -0.15) is 0 Å². The molecule has 2 heterocycles. The van der Waals surface area contributed by atoms with Crippen LogP contribution in [0.4, 0.5) is 0 Å². The van der Waals surface area contributed by atoms with E-state index in [1.807, 2.05) is 49.6 Å². The van der Waals surface area contributed by atoms with Gasteiger partial charge < -0.3 is 19.2 Å². The minimum absolute atomic E-state index is 0.0211. The van der Waals surface area contributed by atoms with Crippen molar-refractivity contribution in [3.63, 3.8) is 0 Å². The minimum Gasteiger partial charge on any atom is -0.497 e. The van der Waals surface area contributed by atoms with Crippen molar-refractivity contribution in [1.82, 2.24) is 14.7 Å². The van der Waals surface area contributed by atoms with E-state index in [2.05, 4.69) is 21.6 Å². The summed E-state index contributed by atoms with van der Waals surface area (Å²) in [6, 6.07) is 9.79. The molecule has 1 unspecified atom stereocenters. The zero-order chi connectivity index (χ0) is 20.8. The summed E-state index contributed by atoms with van der Waals surface area (Å²) in [7, 11) is 3.26. The molecule has 0 spiro atoms. The Morgan fingerprint density at radius 1 is 1.21 bits per heavy atom. The van der Waals surface area contributed by atoms with Crippen LogP contribution in [0.3, 0.4) is 0 Å². The second-order valence-electron chi connectivity index (χ2n) is 7.17. The quantitative estimate of drug-likeness (QED) is 0.554. The first kappa shape index (κ1) is 20.7. The van der Waals surface area contributed by atoms with Crippen LogP contribution >= 0.6 is 0 Å². The number of hydrogen-bond donors (Lipinski definition) is 1. The number of carbonyl (C=O) groups is 1. The second kappa shape index (κ2) is 9.45. The lowest BCUT2D eigenvalue weighted by molar-refractivity contribution is -0.121. The molecule has 6 nitrogen and oxygen atoms in total. The predicted octanol–water partition coefficient (Wildman–Crippen LogP) is 4.10. The number of aryl methyl sites for hydroxylation is 1. The van der Waals surface area contributed by atoms with Gasteiger partial charge in [-0.05, 0) is 42.7 Å². The molecule has 6 heteroatoms. The molecule has 3 rings (SSSR count). The summed E-state index contributed by atoms with van der Waals surface area (Å²) in [6.45, 7) is 4.83. The van der Waals surface area contributed by atoms with Gasteiger partial charge in [0.05, 0.1) is 19.9 Å². The molecule has 1 amide bonds. The van der Waals surface area contributed by atoms with Crippen molar-refractivity contribution in [2.24, 2.45) is 0 Å². The molecule has 0 fully saturated rings. The number of amides is 1. The summed E-state index contributed by atoms with van der Waals surface area (Å²) in [6.07, 6.45) is 6.19. The monoisotopic (exact) mass is 395 g/mol. The first-order valence-corrected chi connectivity index (χ1v) is 9.99.